The highest BCUT2D eigenvalue weighted by atomic mass is 32.1. The molecule has 0 radical (unpaired) electrons. The average molecular weight is 233 g/mol. The van der Waals surface area contributed by atoms with Crippen LogP contribution in [0.25, 0.3) is 6.08 Å². The van der Waals surface area contributed by atoms with Crippen molar-refractivity contribution in [1.82, 2.24) is 10.2 Å². The summed E-state index contributed by atoms with van der Waals surface area (Å²) in [7, 11) is 0. The second-order valence-electron chi connectivity index (χ2n) is 3.24. The van der Waals surface area contributed by atoms with Crippen molar-refractivity contribution in [3.05, 3.63) is 40.2 Å². The summed E-state index contributed by atoms with van der Waals surface area (Å²) in [5.41, 5.74) is 0. The summed E-state index contributed by atoms with van der Waals surface area (Å²) in [6, 6.07) is 5.71. The maximum atomic E-state index is 11.4. The van der Waals surface area contributed by atoms with Gasteiger partial charge in [-0.3, -0.25) is 9.89 Å². The zero-order chi connectivity index (χ0) is 11.4. The topological polar surface area (TPSA) is 57.8 Å². The number of nitrogens with one attached hydrogen (secondary N) is 2. The quantitative estimate of drug-likeness (QED) is 0.800. The SMILES string of the molecule is Cc1ccc(/C=C/C(=O)Nc2ccn[nH]2)s1. The van der Waals surface area contributed by atoms with E-state index in [0.29, 0.717) is 5.82 Å². The van der Waals surface area contributed by atoms with Crippen LogP contribution in [0.4, 0.5) is 5.82 Å². The number of aromatic nitrogens is 2. The van der Waals surface area contributed by atoms with E-state index in [1.807, 2.05) is 19.1 Å². The van der Waals surface area contributed by atoms with Crippen molar-refractivity contribution in [3.8, 4) is 0 Å². The molecule has 2 aromatic heterocycles. The molecule has 0 bridgehead atoms. The lowest BCUT2D eigenvalue weighted by Crippen LogP contribution is -2.07. The van der Waals surface area contributed by atoms with Gasteiger partial charge in [-0.1, -0.05) is 0 Å². The molecule has 82 valence electrons. The van der Waals surface area contributed by atoms with Crippen LogP contribution in [0.3, 0.4) is 0 Å². The van der Waals surface area contributed by atoms with Crippen LogP contribution in [0, 0.1) is 6.92 Å². The Morgan fingerprint density at radius 2 is 2.38 bits per heavy atom. The standard InChI is InChI=1S/C11H11N3OS/c1-8-2-3-9(16-8)4-5-11(15)13-10-6-7-12-14-10/h2-7H,1H3,(H2,12,13,14,15)/b5-4+. The van der Waals surface area contributed by atoms with Crippen LogP contribution in [-0.4, -0.2) is 16.1 Å². The van der Waals surface area contributed by atoms with E-state index >= 15 is 0 Å². The van der Waals surface area contributed by atoms with E-state index in [9.17, 15) is 4.79 Å². The Labute approximate surface area is 97.0 Å². The van der Waals surface area contributed by atoms with Gasteiger partial charge in [-0.2, -0.15) is 5.10 Å². The molecule has 0 aromatic carbocycles. The fraction of sp³-hybridized carbons (Fsp3) is 0.0909. The van der Waals surface area contributed by atoms with Gasteiger partial charge in [0, 0.05) is 21.9 Å². The van der Waals surface area contributed by atoms with Gasteiger partial charge in [0.15, 0.2) is 0 Å². The van der Waals surface area contributed by atoms with E-state index in [1.54, 1.807) is 29.7 Å². The summed E-state index contributed by atoms with van der Waals surface area (Å²) in [4.78, 5) is 13.7. The van der Waals surface area contributed by atoms with Gasteiger partial charge >= 0.3 is 0 Å². The van der Waals surface area contributed by atoms with Gasteiger partial charge in [-0.15, -0.1) is 11.3 Å². The average Bonchev–Trinajstić information content (AvgIpc) is 2.87. The third-order valence-corrected chi connectivity index (χ3v) is 2.88. The number of aryl methyl sites for hydroxylation is 1. The number of H-pyrrole nitrogens is 1. The minimum atomic E-state index is -0.171. The highest BCUT2D eigenvalue weighted by Gasteiger charge is 1.98. The fourth-order valence-electron chi connectivity index (χ4n) is 1.20. The van der Waals surface area contributed by atoms with Gasteiger partial charge in [-0.05, 0) is 25.1 Å². The van der Waals surface area contributed by atoms with Gasteiger partial charge in [0.05, 0.1) is 6.20 Å². The monoisotopic (exact) mass is 233 g/mol. The van der Waals surface area contributed by atoms with Crippen LogP contribution in [0.2, 0.25) is 0 Å². The van der Waals surface area contributed by atoms with Crippen molar-refractivity contribution in [2.45, 2.75) is 6.92 Å². The Bertz CT molecular complexity index is 499. The first-order valence-corrected chi connectivity index (χ1v) is 5.60. The minimum Gasteiger partial charge on any atom is -0.307 e. The Morgan fingerprint density at radius 1 is 1.50 bits per heavy atom. The molecule has 4 nitrogen and oxygen atoms in total. The van der Waals surface area contributed by atoms with Crippen molar-refractivity contribution >= 4 is 29.1 Å². The smallest absolute Gasteiger partial charge is 0.249 e. The molecule has 2 N–H and O–H groups in total. The molecule has 2 aromatic rings. The summed E-state index contributed by atoms with van der Waals surface area (Å²) in [6.45, 7) is 2.03. The third-order valence-electron chi connectivity index (χ3n) is 1.92. The van der Waals surface area contributed by atoms with Gasteiger partial charge in [0.25, 0.3) is 0 Å². The van der Waals surface area contributed by atoms with E-state index in [0.717, 1.165) is 4.88 Å². The lowest BCUT2D eigenvalue weighted by Gasteiger charge is -1.95. The van der Waals surface area contributed by atoms with E-state index in [-0.39, 0.29) is 5.91 Å². The second kappa shape index (κ2) is 4.76. The minimum absolute atomic E-state index is 0.171. The molecular formula is C11H11N3OS. The number of nitrogens with zero attached hydrogens (tertiary/aromatic N) is 1. The van der Waals surface area contributed by atoms with Crippen molar-refractivity contribution in [2.24, 2.45) is 0 Å². The summed E-state index contributed by atoms with van der Waals surface area (Å²) in [5.74, 6) is 0.423. The number of hydrogen-bond donors (Lipinski definition) is 2. The number of carbonyl (C=O) groups is 1. The number of hydrogen-bond acceptors (Lipinski definition) is 3. The van der Waals surface area contributed by atoms with Crippen molar-refractivity contribution in [2.75, 3.05) is 5.32 Å². The van der Waals surface area contributed by atoms with Gasteiger partial charge in [-0.25, -0.2) is 0 Å². The summed E-state index contributed by atoms with van der Waals surface area (Å²) in [6.07, 6.45) is 4.89. The number of rotatable bonds is 3. The molecule has 0 aliphatic carbocycles. The fourth-order valence-corrected chi connectivity index (χ4v) is 1.98. The largest absolute Gasteiger partial charge is 0.307 e. The highest BCUT2D eigenvalue weighted by molar-refractivity contribution is 7.12. The van der Waals surface area contributed by atoms with Crippen LogP contribution in [0.15, 0.2) is 30.5 Å². The molecule has 0 spiro atoms. The summed E-state index contributed by atoms with van der Waals surface area (Å²) >= 11 is 1.65. The molecule has 1 amide bonds. The molecular weight excluding hydrogens is 222 g/mol. The molecule has 0 aliphatic heterocycles. The number of aromatic amines is 1. The molecule has 0 saturated carbocycles. The third kappa shape index (κ3) is 2.80. The van der Waals surface area contributed by atoms with Gasteiger partial charge < -0.3 is 5.32 Å². The van der Waals surface area contributed by atoms with Crippen LogP contribution in [-0.2, 0) is 4.79 Å². The van der Waals surface area contributed by atoms with Crippen LogP contribution < -0.4 is 5.32 Å². The van der Waals surface area contributed by atoms with Gasteiger partial charge in [0.1, 0.15) is 5.82 Å². The van der Waals surface area contributed by atoms with Crippen molar-refractivity contribution < 1.29 is 4.79 Å². The molecule has 0 saturated heterocycles. The molecule has 5 heteroatoms. The Morgan fingerprint density at radius 3 is 3.00 bits per heavy atom. The molecule has 2 heterocycles. The molecule has 0 aliphatic rings. The summed E-state index contributed by atoms with van der Waals surface area (Å²) < 4.78 is 0. The van der Waals surface area contributed by atoms with Crippen molar-refractivity contribution in [1.29, 1.82) is 0 Å². The lowest BCUT2D eigenvalue weighted by molar-refractivity contribution is -0.111. The predicted molar refractivity (Wildman–Crippen MR) is 65.3 cm³/mol. The van der Waals surface area contributed by atoms with Crippen LogP contribution >= 0.6 is 11.3 Å². The first-order valence-electron chi connectivity index (χ1n) is 4.79. The Hall–Kier alpha value is -1.88. The molecule has 0 fully saturated rings. The molecule has 16 heavy (non-hydrogen) atoms. The number of thiophene rings is 1. The van der Waals surface area contributed by atoms with Crippen LogP contribution in [0.1, 0.15) is 9.75 Å². The predicted octanol–water partition coefficient (Wildman–Crippen LogP) is 2.43. The normalized spacial score (nSPS) is 10.8. The Kier molecular flexibility index (Phi) is 3.16. The Balaban J connectivity index is 1.94. The van der Waals surface area contributed by atoms with Crippen molar-refractivity contribution in [3.63, 3.8) is 0 Å². The lowest BCUT2D eigenvalue weighted by atomic mass is 10.4. The number of carbonyl (C=O) groups excluding carboxylic acids is 1. The highest BCUT2D eigenvalue weighted by Crippen LogP contribution is 2.16. The summed E-state index contributed by atoms with van der Waals surface area (Å²) in [5, 5.41) is 9.05. The first kappa shape index (κ1) is 10.6. The first-order chi connectivity index (χ1) is 7.74. The number of amides is 1. The van der Waals surface area contributed by atoms with Gasteiger partial charge in [0.2, 0.25) is 5.91 Å². The second-order valence-corrected chi connectivity index (χ2v) is 4.56. The van der Waals surface area contributed by atoms with E-state index in [4.69, 9.17) is 0 Å². The number of anilines is 1. The zero-order valence-corrected chi connectivity index (χ0v) is 9.54. The molecule has 0 atom stereocenters. The maximum absolute atomic E-state index is 11.4. The zero-order valence-electron chi connectivity index (χ0n) is 8.73. The van der Waals surface area contributed by atoms with E-state index < -0.39 is 0 Å². The molecule has 0 unspecified atom stereocenters. The van der Waals surface area contributed by atoms with Crippen LogP contribution in [0.5, 0.6) is 0 Å². The maximum Gasteiger partial charge on any atom is 0.249 e. The molecule has 2 rings (SSSR count). The van der Waals surface area contributed by atoms with E-state index in [1.165, 1.54) is 11.0 Å². The van der Waals surface area contributed by atoms with E-state index in [2.05, 4.69) is 15.5 Å².